The van der Waals surface area contributed by atoms with E-state index < -0.39 is 0 Å². The van der Waals surface area contributed by atoms with E-state index in [1.165, 1.54) is 41.3 Å². The van der Waals surface area contributed by atoms with Crippen molar-refractivity contribution in [2.45, 2.75) is 31.2 Å². The Morgan fingerprint density at radius 2 is 1.65 bits per heavy atom. The van der Waals surface area contributed by atoms with Gasteiger partial charge in [0.25, 0.3) is 0 Å². The highest BCUT2D eigenvalue weighted by molar-refractivity contribution is 6.30. The van der Waals surface area contributed by atoms with Gasteiger partial charge in [0.1, 0.15) is 0 Å². The van der Waals surface area contributed by atoms with E-state index in [9.17, 15) is 0 Å². The lowest BCUT2D eigenvalue weighted by atomic mass is 9.67. The molecule has 0 radical (unpaired) electrons. The molecule has 2 aliphatic carbocycles. The molecular weight excluding hydrogens is 338 g/mol. The van der Waals surface area contributed by atoms with E-state index in [-0.39, 0.29) is 0 Å². The number of fused-ring (bicyclic) bond motifs is 9. The molecule has 1 heterocycles. The van der Waals surface area contributed by atoms with Gasteiger partial charge in [0.2, 0.25) is 0 Å². The van der Waals surface area contributed by atoms with E-state index in [0.29, 0.717) is 17.9 Å². The molecule has 1 aliphatic heterocycles. The number of benzene rings is 3. The zero-order valence-corrected chi connectivity index (χ0v) is 15.4. The fraction of sp³-hybridized carbons (Fsp3) is 0.333. The van der Waals surface area contributed by atoms with Crippen LogP contribution in [0.2, 0.25) is 5.02 Å². The second-order valence-electron chi connectivity index (χ2n) is 8.36. The van der Waals surface area contributed by atoms with Crippen LogP contribution in [-0.2, 0) is 0 Å². The van der Waals surface area contributed by atoms with Crippen molar-refractivity contribution in [1.29, 1.82) is 0 Å². The van der Waals surface area contributed by atoms with Crippen LogP contribution in [0.25, 0.3) is 10.8 Å². The molecule has 3 aromatic carbocycles. The molecular formula is C24H22ClN. The molecule has 1 nitrogen and oxygen atoms in total. The lowest BCUT2D eigenvalue weighted by Crippen LogP contribution is -2.35. The smallest absolute Gasteiger partial charge is 0.0550 e. The van der Waals surface area contributed by atoms with Crippen LogP contribution in [0.15, 0.2) is 60.7 Å². The van der Waals surface area contributed by atoms with Crippen LogP contribution in [0.4, 0.5) is 5.69 Å². The molecule has 5 atom stereocenters. The fourth-order valence-corrected chi connectivity index (χ4v) is 6.39. The summed E-state index contributed by atoms with van der Waals surface area (Å²) in [5.74, 6) is 3.10. The van der Waals surface area contributed by atoms with E-state index >= 15 is 0 Å². The maximum Gasteiger partial charge on any atom is 0.0550 e. The van der Waals surface area contributed by atoms with E-state index in [0.717, 1.165) is 16.9 Å². The summed E-state index contributed by atoms with van der Waals surface area (Å²) in [5, 5.41) is 7.59. The minimum Gasteiger partial charge on any atom is -0.378 e. The van der Waals surface area contributed by atoms with Crippen LogP contribution < -0.4 is 5.32 Å². The van der Waals surface area contributed by atoms with Crippen LogP contribution >= 0.6 is 11.6 Å². The van der Waals surface area contributed by atoms with E-state index in [1.807, 2.05) is 12.1 Å². The number of nitrogens with one attached hydrogen (secondary N) is 1. The average molecular weight is 360 g/mol. The Balaban J connectivity index is 1.56. The summed E-state index contributed by atoms with van der Waals surface area (Å²) in [6.07, 6.45) is 4.21. The molecule has 0 aromatic heterocycles. The summed E-state index contributed by atoms with van der Waals surface area (Å²) in [6, 6.07) is 22.4. The average Bonchev–Trinajstić information content (AvgIpc) is 3.30. The summed E-state index contributed by atoms with van der Waals surface area (Å²) in [6.45, 7) is 0. The SMILES string of the molecule is Clc1ccc(C2Nc3ccc4ccccc4c3C3C4CCC(C4)C23)cc1. The Kier molecular flexibility index (Phi) is 3.20. The molecule has 130 valence electrons. The third kappa shape index (κ3) is 2.04. The first kappa shape index (κ1) is 15.1. The van der Waals surface area contributed by atoms with Crippen molar-refractivity contribution in [1.82, 2.24) is 0 Å². The van der Waals surface area contributed by atoms with Crippen LogP contribution in [0, 0.1) is 17.8 Å². The van der Waals surface area contributed by atoms with Crippen molar-refractivity contribution in [3.63, 3.8) is 0 Å². The third-order valence-electron chi connectivity index (χ3n) is 7.21. The Hall–Kier alpha value is -1.99. The predicted molar refractivity (Wildman–Crippen MR) is 109 cm³/mol. The zero-order chi connectivity index (χ0) is 17.3. The normalized spacial score (nSPS) is 31.5. The van der Waals surface area contributed by atoms with Crippen LogP contribution in [-0.4, -0.2) is 0 Å². The summed E-state index contributed by atoms with van der Waals surface area (Å²) in [4.78, 5) is 0. The monoisotopic (exact) mass is 359 g/mol. The topological polar surface area (TPSA) is 12.0 Å². The van der Waals surface area contributed by atoms with Gasteiger partial charge in [-0.25, -0.2) is 0 Å². The standard InChI is InChI=1S/C24H22ClN/c25-18-10-7-15(8-11-18)24-22-17-6-5-16(13-17)21(22)23-19-4-2-1-3-14(19)9-12-20(23)26-24/h1-4,7-12,16-17,21-22,24,26H,5-6,13H2. The molecule has 2 bridgehead atoms. The van der Waals surface area contributed by atoms with Gasteiger partial charge in [-0.3, -0.25) is 0 Å². The quantitative estimate of drug-likeness (QED) is 0.504. The number of rotatable bonds is 1. The molecule has 1 N–H and O–H groups in total. The molecule has 0 amide bonds. The molecule has 0 saturated heterocycles. The molecule has 2 heteroatoms. The summed E-state index contributed by atoms with van der Waals surface area (Å²) < 4.78 is 0. The molecule has 26 heavy (non-hydrogen) atoms. The Labute approximate surface area is 159 Å². The Morgan fingerprint density at radius 1 is 0.846 bits per heavy atom. The summed E-state index contributed by atoms with van der Waals surface area (Å²) in [7, 11) is 0. The van der Waals surface area contributed by atoms with Crippen molar-refractivity contribution in [2.75, 3.05) is 5.32 Å². The molecule has 0 spiro atoms. The van der Waals surface area contributed by atoms with Crippen molar-refractivity contribution >= 4 is 28.1 Å². The van der Waals surface area contributed by atoms with Crippen molar-refractivity contribution < 1.29 is 0 Å². The number of hydrogen-bond donors (Lipinski definition) is 1. The van der Waals surface area contributed by atoms with Gasteiger partial charge in [0.05, 0.1) is 6.04 Å². The van der Waals surface area contributed by atoms with Gasteiger partial charge < -0.3 is 5.32 Å². The van der Waals surface area contributed by atoms with E-state index in [4.69, 9.17) is 11.6 Å². The van der Waals surface area contributed by atoms with Crippen molar-refractivity contribution in [3.05, 3.63) is 76.8 Å². The second-order valence-corrected chi connectivity index (χ2v) is 8.79. The maximum atomic E-state index is 6.15. The molecule has 3 aromatic rings. The molecule has 2 fully saturated rings. The molecule has 6 rings (SSSR count). The Morgan fingerprint density at radius 3 is 2.54 bits per heavy atom. The van der Waals surface area contributed by atoms with Gasteiger partial charge in [-0.2, -0.15) is 0 Å². The van der Waals surface area contributed by atoms with E-state index in [1.54, 1.807) is 5.56 Å². The maximum absolute atomic E-state index is 6.15. The summed E-state index contributed by atoms with van der Waals surface area (Å²) in [5.41, 5.74) is 4.32. The molecule has 3 aliphatic rings. The first-order chi connectivity index (χ1) is 12.8. The summed E-state index contributed by atoms with van der Waals surface area (Å²) >= 11 is 6.15. The van der Waals surface area contributed by atoms with Gasteiger partial charge in [0.15, 0.2) is 0 Å². The third-order valence-corrected chi connectivity index (χ3v) is 7.46. The highest BCUT2D eigenvalue weighted by Gasteiger charge is 2.54. The zero-order valence-electron chi connectivity index (χ0n) is 14.7. The van der Waals surface area contributed by atoms with Crippen molar-refractivity contribution in [3.8, 4) is 0 Å². The predicted octanol–water partition coefficient (Wildman–Crippen LogP) is 6.79. The van der Waals surface area contributed by atoms with Gasteiger partial charge in [-0.1, -0.05) is 54.1 Å². The first-order valence-electron chi connectivity index (χ1n) is 9.83. The van der Waals surface area contributed by atoms with Gasteiger partial charge >= 0.3 is 0 Å². The van der Waals surface area contributed by atoms with E-state index in [2.05, 4.69) is 53.8 Å². The van der Waals surface area contributed by atoms with Gasteiger partial charge in [-0.05, 0) is 83.0 Å². The number of anilines is 1. The highest BCUT2D eigenvalue weighted by atomic mass is 35.5. The lowest BCUT2D eigenvalue weighted by Gasteiger charge is -2.44. The lowest BCUT2D eigenvalue weighted by molar-refractivity contribution is 0.249. The molecule has 2 saturated carbocycles. The van der Waals surface area contributed by atoms with Crippen molar-refractivity contribution in [2.24, 2.45) is 17.8 Å². The van der Waals surface area contributed by atoms with Gasteiger partial charge in [-0.15, -0.1) is 0 Å². The first-order valence-corrected chi connectivity index (χ1v) is 10.2. The number of halogens is 1. The second kappa shape index (κ2) is 5.50. The largest absolute Gasteiger partial charge is 0.378 e. The van der Waals surface area contributed by atoms with Crippen LogP contribution in [0.1, 0.15) is 42.3 Å². The minimum atomic E-state index is 0.404. The Bertz CT molecular complexity index is 993. The number of hydrogen-bond acceptors (Lipinski definition) is 1. The van der Waals surface area contributed by atoms with Crippen LogP contribution in [0.5, 0.6) is 0 Å². The van der Waals surface area contributed by atoms with Gasteiger partial charge in [0, 0.05) is 10.7 Å². The highest BCUT2D eigenvalue weighted by Crippen LogP contribution is 2.64. The van der Waals surface area contributed by atoms with Crippen LogP contribution in [0.3, 0.4) is 0 Å². The molecule has 5 unspecified atom stereocenters. The fourth-order valence-electron chi connectivity index (χ4n) is 6.26. The minimum absolute atomic E-state index is 0.404.